The zero-order valence-electron chi connectivity index (χ0n) is 13.9. The Labute approximate surface area is 137 Å². The molecule has 0 saturated carbocycles. The van der Waals surface area contributed by atoms with Gasteiger partial charge in [-0.3, -0.25) is 4.90 Å². The van der Waals surface area contributed by atoms with Crippen molar-refractivity contribution in [3.63, 3.8) is 0 Å². The smallest absolute Gasteiger partial charge is 0.244 e. The van der Waals surface area contributed by atoms with Crippen molar-refractivity contribution in [3.05, 3.63) is 18.3 Å². The Balaban J connectivity index is 1.84. The standard InChI is InChI=1S/C15H24N4O3S/c1-17(2)14-5-4-13(10-16-14)23(20,21)19-8-7-18(3)15(11-19)6-9-22-12-15/h4-5,10H,6-9,11-12H2,1-3H3. The van der Waals surface area contributed by atoms with Crippen molar-refractivity contribution in [1.82, 2.24) is 14.2 Å². The Morgan fingerprint density at radius 2 is 2.09 bits per heavy atom. The van der Waals surface area contributed by atoms with E-state index in [4.69, 9.17) is 4.74 Å². The van der Waals surface area contributed by atoms with Crippen LogP contribution in [0.5, 0.6) is 0 Å². The van der Waals surface area contributed by atoms with Gasteiger partial charge in [-0.25, -0.2) is 13.4 Å². The quantitative estimate of drug-likeness (QED) is 0.785. The number of nitrogens with zero attached hydrogens (tertiary/aromatic N) is 4. The summed E-state index contributed by atoms with van der Waals surface area (Å²) in [4.78, 5) is 8.56. The molecule has 0 bridgehead atoms. The van der Waals surface area contributed by atoms with Gasteiger partial charge in [0.05, 0.1) is 12.1 Å². The van der Waals surface area contributed by atoms with Crippen LogP contribution in [0, 0.1) is 0 Å². The molecule has 0 N–H and O–H groups in total. The predicted molar refractivity (Wildman–Crippen MR) is 88.1 cm³/mol. The molecule has 8 heteroatoms. The molecule has 0 aliphatic carbocycles. The Bertz CT molecular complexity index is 654. The van der Waals surface area contributed by atoms with Gasteiger partial charge in [0.15, 0.2) is 0 Å². The van der Waals surface area contributed by atoms with E-state index in [1.807, 2.05) is 26.0 Å². The maximum Gasteiger partial charge on any atom is 0.244 e. The fraction of sp³-hybridized carbons (Fsp3) is 0.667. The summed E-state index contributed by atoms with van der Waals surface area (Å²) in [6.45, 7) is 2.97. The van der Waals surface area contributed by atoms with Gasteiger partial charge >= 0.3 is 0 Å². The molecule has 2 aliphatic heterocycles. The van der Waals surface area contributed by atoms with Crippen molar-refractivity contribution >= 4 is 15.8 Å². The van der Waals surface area contributed by atoms with E-state index in [9.17, 15) is 8.42 Å². The summed E-state index contributed by atoms with van der Waals surface area (Å²) in [5, 5.41) is 0. The first-order valence-corrected chi connectivity index (χ1v) is 9.22. The average molecular weight is 340 g/mol. The van der Waals surface area contributed by atoms with Gasteiger partial charge in [0.2, 0.25) is 10.0 Å². The Morgan fingerprint density at radius 1 is 1.30 bits per heavy atom. The topological polar surface area (TPSA) is 66.0 Å². The highest BCUT2D eigenvalue weighted by Crippen LogP contribution is 2.31. The van der Waals surface area contributed by atoms with Crippen LogP contribution in [0.4, 0.5) is 5.82 Å². The van der Waals surface area contributed by atoms with Crippen LogP contribution in [0.1, 0.15) is 6.42 Å². The van der Waals surface area contributed by atoms with E-state index in [0.717, 1.165) is 12.2 Å². The molecule has 0 aromatic carbocycles. The summed E-state index contributed by atoms with van der Waals surface area (Å²) >= 11 is 0. The Morgan fingerprint density at radius 3 is 2.65 bits per heavy atom. The number of pyridine rings is 1. The summed E-state index contributed by atoms with van der Waals surface area (Å²) in [7, 11) is 2.28. The highest BCUT2D eigenvalue weighted by atomic mass is 32.2. The minimum atomic E-state index is -3.52. The largest absolute Gasteiger partial charge is 0.379 e. The molecule has 1 spiro atoms. The minimum absolute atomic E-state index is 0.192. The van der Waals surface area contributed by atoms with Gasteiger partial charge < -0.3 is 9.64 Å². The van der Waals surface area contributed by atoms with Gasteiger partial charge in [-0.05, 0) is 25.6 Å². The average Bonchev–Trinajstić information content (AvgIpc) is 2.99. The number of piperazine rings is 1. The maximum atomic E-state index is 12.9. The Hall–Kier alpha value is -1.22. The monoisotopic (exact) mass is 340 g/mol. The number of anilines is 1. The third-order valence-electron chi connectivity index (χ3n) is 4.86. The second kappa shape index (κ2) is 6.01. The van der Waals surface area contributed by atoms with E-state index in [1.165, 1.54) is 6.20 Å². The number of likely N-dealkylation sites (N-methyl/N-ethyl adjacent to an activating group) is 1. The number of ether oxygens (including phenoxy) is 1. The van der Waals surface area contributed by atoms with E-state index < -0.39 is 10.0 Å². The van der Waals surface area contributed by atoms with E-state index in [2.05, 4.69) is 9.88 Å². The lowest BCUT2D eigenvalue weighted by Crippen LogP contribution is -2.62. The van der Waals surface area contributed by atoms with Gasteiger partial charge in [0.1, 0.15) is 10.7 Å². The summed E-state index contributed by atoms with van der Waals surface area (Å²) < 4.78 is 33.0. The number of hydrogen-bond acceptors (Lipinski definition) is 6. The first-order valence-electron chi connectivity index (χ1n) is 7.78. The highest BCUT2D eigenvalue weighted by Gasteiger charge is 2.46. The van der Waals surface area contributed by atoms with Crippen LogP contribution in [0.15, 0.2) is 23.2 Å². The van der Waals surface area contributed by atoms with E-state index in [1.54, 1.807) is 16.4 Å². The number of hydrogen-bond donors (Lipinski definition) is 0. The number of aromatic nitrogens is 1. The second-order valence-corrected chi connectivity index (χ2v) is 8.47. The molecule has 1 aromatic rings. The van der Waals surface area contributed by atoms with Crippen molar-refractivity contribution in [1.29, 1.82) is 0 Å². The lowest BCUT2D eigenvalue weighted by Gasteiger charge is -2.45. The third kappa shape index (κ3) is 2.96. The fourth-order valence-corrected chi connectivity index (χ4v) is 4.65. The van der Waals surface area contributed by atoms with Crippen molar-refractivity contribution in [2.45, 2.75) is 16.9 Å². The zero-order chi connectivity index (χ0) is 16.7. The van der Waals surface area contributed by atoms with Crippen molar-refractivity contribution in [2.24, 2.45) is 0 Å². The van der Waals surface area contributed by atoms with Crippen LogP contribution < -0.4 is 4.90 Å². The highest BCUT2D eigenvalue weighted by molar-refractivity contribution is 7.89. The van der Waals surface area contributed by atoms with Gasteiger partial charge in [0.25, 0.3) is 0 Å². The van der Waals surface area contributed by atoms with Crippen LogP contribution in [0.2, 0.25) is 0 Å². The molecule has 23 heavy (non-hydrogen) atoms. The third-order valence-corrected chi connectivity index (χ3v) is 6.69. The lowest BCUT2D eigenvalue weighted by atomic mass is 9.95. The molecule has 2 fully saturated rings. The van der Waals surface area contributed by atoms with Gasteiger partial charge in [0, 0.05) is 46.5 Å². The van der Waals surface area contributed by atoms with Gasteiger partial charge in [-0.1, -0.05) is 0 Å². The molecular formula is C15H24N4O3S. The lowest BCUT2D eigenvalue weighted by molar-refractivity contribution is 0.0375. The molecule has 2 aliphatic rings. The first-order chi connectivity index (χ1) is 10.8. The van der Waals surface area contributed by atoms with Crippen LogP contribution in [0.25, 0.3) is 0 Å². The Kier molecular flexibility index (Phi) is 4.35. The molecule has 1 atom stereocenters. The molecule has 0 amide bonds. The minimum Gasteiger partial charge on any atom is -0.379 e. The van der Waals surface area contributed by atoms with Crippen molar-refractivity contribution < 1.29 is 13.2 Å². The molecule has 1 unspecified atom stereocenters. The van der Waals surface area contributed by atoms with E-state index in [-0.39, 0.29) is 10.4 Å². The molecule has 2 saturated heterocycles. The second-order valence-electron chi connectivity index (χ2n) is 6.53. The molecule has 0 radical (unpaired) electrons. The van der Waals surface area contributed by atoms with Crippen LogP contribution in [0.3, 0.4) is 0 Å². The molecule has 3 heterocycles. The molecule has 7 nitrogen and oxygen atoms in total. The fourth-order valence-electron chi connectivity index (χ4n) is 3.19. The molecule has 128 valence electrons. The summed E-state index contributed by atoms with van der Waals surface area (Å²) in [6, 6.07) is 3.37. The number of rotatable bonds is 3. The molecular weight excluding hydrogens is 316 g/mol. The van der Waals surface area contributed by atoms with Crippen molar-refractivity contribution in [3.8, 4) is 0 Å². The van der Waals surface area contributed by atoms with Crippen LogP contribution >= 0.6 is 0 Å². The summed E-state index contributed by atoms with van der Waals surface area (Å²) in [5.41, 5.74) is -0.192. The van der Waals surface area contributed by atoms with Gasteiger partial charge in [-0.15, -0.1) is 0 Å². The van der Waals surface area contributed by atoms with Crippen LogP contribution in [-0.4, -0.2) is 82.1 Å². The first kappa shape index (κ1) is 16.6. The van der Waals surface area contributed by atoms with E-state index in [0.29, 0.717) is 32.8 Å². The van der Waals surface area contributed by atoms with Crippen molar-refractivity contribution in [2.75, 3.05) is 58.9 Å². The molecule has 3 rings (SSSR count). The van der Waals surface area contributed by atoms with Crippen LogP contribution in [-0.2, 0) is 14.8 Å². The normalized spacial score (nSPS) is 26.7. The summed E-state index contributed by atoms with van der Waals surface area (Å²) in [6.07, 6.45) is 2.31. The van der Waals surface area contributed by atoms with E-state index >= 15 is 0 Å². The number of sulfonamides is 1. The predicted octanol–water partition coefficient (Wildman–Crippen LogP) is 0.243. The van der Waals surface area contributed by atoms with Gasteiger partial charge in [-0.2, -0.15) is 4.31 Å². The molecule has 1 aromatic heterocycles. The summed E-state index contributed by atoms with van der Waals surface area (Å²) in [5.74, 6) is 0.739. The zero-order valence-corrected chi connectivity index (χ0v) is 14.7. The SMILES string of the molecule is CN(C)c1ccc(S(=O)(=O)N2CCN(C)C3(CCOC3)C2)cn1. The maximum absolute atomic E-state index is 12.9.